The molecule has 4 rings (SSSR count). The second kappa shape index (κ2) is 3.28. The Labute approximate surface area is 84.4 Å². The number of aromatic amines is 1. The van der Waals surface area contributed by atoms with E-state index in [0.717, 1.165) is 12.1 Å². The second-order valence-electron chi connectivity index (χ2n) is 4.41. The lowest BCUT2D eigenvalue weighted by Crippen LogP contribution is -2.52. The first-order valence-electron chi connectivity index (χ1n) is 5.50. The third kappa shape index (κ3) is 1.40. The summed E-state index contributed by atoms with van der Waals surface area (Å²) >= 11 is 0. The molecule has 0 radical (unpaired) electrons. The van der Waals surface area contributed by atoms with E-state index in [0.29, 0.717) is 0 Å². The van der Waals surface area contributed by atoms with Crippen LogP contribution in [-0.4, -0.2) is 17.1 Å². The van der Waals surface area contributed by atoms with Gasteiger partial charge in [0.15, 0.2) is 0 Å². The molecule has 1 saturated heterocycles. The van der Waals surface area contributed by atoms with Crippen LogP contribution in [0, 0.1) is 0 Å². The molecule has 1 aliphatic carbocycles. The van der Waals surface area contributed by atoms with Crippen LogP contribution >= 0.6 is 0 Å². The van der Waals surface area contributed by atoms with Gasteiger partial charge in [0, 0.05) is 24.5 Å². The zero-order valence-corrected chi connectivity index (χ0v) is 8.29. The van der Waals surface area contributed by atoms with Gasteiger partial charge < -0.3 is 10.3 Å². The number of hydrogen-bond acceptors (Lipinski definition) is 1. The van der Waals surface area contributed by atoms with Crippen molar-refractivity contribution in [3.8, 4) is 0 Å². The summed E-state index contributed by atoms with van der Waals surface area (Å²) in [6.07, 6.45) is 11.6. The highest BCUT2D eigenvalue weighted by molar-refractivity contribution is 5.65. The van der Waals surface area contributed by atoms with Gasteiger partial charge in [0.05, 0.1) is 0 Å². The van der Waals surface area contributed by atoms with Crippen LogP contribution in [0.25, 0.3) is 5.57 Å². The third-order valence-electron chi connectivity index (χ3n) is 3.38. The second-order valence-corrected chi connectivity index (χ2v) is 4.41. The van der Waals surface area contributed by atoms with Crippen molar-refractivity contribution in [3.63, 3.8) is 0 Å². The predicted molar refractivity (Wildman–Crippen MR) is 57.9 cm³/mol. The Morgan fingerprint density at radius 1 is 1.29 bits per heavy atom. The first-order valence-corrected chi connectivity index (χ1v) is 5.50. The van der Waals surface area contributed by atoms with E-state index in [1.54, 1.807) is 0 Å². The molecule has 2 unspecified atom stereocenters. The smallest absolute Gasteiger partial charge is 0.0125 e. The van der Waals surface area contributed by atoms with Gasteiger partial charge in [0.25, 0.3) is 0 Å². The first kappa shape index (κ1) is 8.30. The Hall–Kier alpha value is -1.02. The maximum Gasteiger partial charge on any atom is 0.0125 e. The highest BCUT2D eigenvalue weighted by Crippen LogP contribution is 2.30. The number of H-pyrrole nitrogens is 1. The van der Waals surface area contributed by atoms with Gasteiger partial charge >= 0.3 is 0 Å². The Kier molecular flexibility index (Phi) is 1.95. The zero-order chi connectivity index (χ0) is 9.38. The molecule has 0 amide bonds. The fraction of sp³-hybridized carbons (Fsp3) is 0.500. The van der Waals surface area contributed by atoms with Gasteiger partial charge in [-0.05, 0) is 42.9 Å². The van der Waals surface area contributed by atoms with Crippen LogP contribution in [0.3, 0.4) is 0 Å². The number of fused-ring (bicyclic) bond motifs is 3. The molecular weight excluding hydrogens is 172 g/mol. The molecule has 74 valence electrons. The van der Waals surface area contributed by atoms with E-state index < -0.39 is 0 Å². The van der Waals surface area contributed by atoms with Gasteiger partial charge in [-0.2, -0.15) is 0 Å². The van der Waals surface area contributed by atoms with Crippen molar-refractivity contribution in [2.45, 2.75) is 37.8 Å². The Bertz CT molecular complexity index is 331. The van der Waals surface area contributed by atoms with Crippen LogP contribution in [0.1, 0.15) is 31.2 Å². The fourth-order valence-corrected chi connectivity index (χ4v) is 2.56. The summed E-state index contributed by atoms with van der Waals surface area (Å²) in [5.41, 5.74) is 2.89. The Morgan fingerprint density at radius 3 is 3.00 bits per heavy atom. The van der Waals surface area contributed by atoms with E-state index in [-0.39, 0.29) is 0 Å². The van der Waals surface area contributed by atoms with Crippen molar-refractivity contribution in [2.75, 3.05) is 0 Å². The van der Waals surface area contributed by atoms with Gasteiger partial charge in [0.1, 0.15) is 0 Å². The largest absolute Gasteiger partial charge is 0.367 e. The summed E-state index contributed by atoms with van der Waals surface area (Å²) in [7, 11) is 0. The Morgan fingerprint density at radius 2 is 2.21 bits per heavy atom. The molecular formula is C12H16N2. The van der Waals surface area contributed by atoms with Crippen LogP contribution in [0.2, 0.25) is 0 Å². The topological polar surface area (TPSA) is 27.8 Å². The van der Waals surface area contributed by atoms with E-state index in [1.165, 1.54) is 36.8 Å². The molecule has 0 saturated carbocycles. The lowest BCUT2D eigenvalue weighted by Gasteiger charge is -2.39. The van der Waals surface area contributed by atoms with Gasteiger partial charge in [-0.3, -0.25) is 0 Å². The van der Waals surface area contributed by atoms with Crippen molar-refractivity contribution in [1.29, 1.82) is 0 Å². The van der Waals surface area contributed by atoms with Crippen molar-refractivity contribution in [2.24, 2.45) is 0 Å². The van der Waals surface area contributed by atoms with Gasteiger partial charge in [-0.1, -0.05) is 6.08 Å². The summed E-state index contributed by atoms with van der Waals surface area (Å²) in [4.78, 5) is 3.13. The van der Waals surface area contributed by atoms with Crippen LogP contribution in [0.4, 0.5) is 0 Å². The molecule has 1 fully saturated rings. The number of allylic oxidation sites excluding steroid dienone is 1. The maximum absolute atomic E-state index is 3.62. The minimum absolute atomic E-state index is 0.737. The van der Waals surface area contributed by atoms with E-state index in [9.17, 15) is 0 Å². The molecule has 0 aromatic carbocycles. The molecule has 3 heterocycles. The molecule has 2 aliphatic heterocycles. The lowest BCUT2D eigenvalue weighted by atomic mass is 9.84. The molecule has 2 atom stereocenters. The first-order chi connectivity index (χ1) is 6.92. The molecule has 3 aliphatic rings. The maximum atomic E-state index is 3.62. The van der Waals surface area contributed by atoms with Crippen molar-refractivity contribution < 1.29 is 0 Å². The third-order valence-corrected chi connectivity index (χ3v) is 3.38. The monoisotopic (exact) mass is 188 g/mol. The molecule has 0 spiro atoms. The summed E-state index contributed by atoms with van der Waals surface area (Å²) in [5.74, 6) is 0. The van der Waals surface area contributed by atoms with Crippen LogP contribution in [0.5, 0.6) is 0 Å². The number of aromatic nitrogens is 1. The van der Waals surface area contributed by atoms with Crippen molar-refractivity contribution >= 4 is 5.57 Å². The molecule has 1 aromatic heterocycles. The zero-order valence-electron chi connectivity index (χ0n) is 8.29. The SMILES string of the molecule is C1=C(/c2cc[nH]c2)CC2CC(CC/1)N2. The van der Waals surface area contributed by atoms with Gasteiger partial charge in [-0.25, -0.2) is 0 Å². The summed E-state index contributed by atoms with van der Waals surface area (Å²) in [6, 6.07) is 3.72. The minimum Gasteiger partial charge on any atom is -0.367 e. The van der Waals surface area contributed by atoms with E-state index >= 15 is 0 Å². The number of hydrogen-bond donors (Lipinski definition) is 2. The van der Waals surface area contributed by atoms with Gasteiger partial charge in [-0.15, -0.1) is 0 Å². The minimum atomic E-state index is 0.737. The molecule has 1 aromatic rings. The molecule has 2 N–H and O–H groups in total. The quantitative estimate of drug-likeness (QED) is 0.695. The summed E-state index contributed by atoms with van der Waals surface area (Å²) in [5, 5.41) is 3.62. The lowest BCUT2D eigenvalue weighted by molar-refractivity contribution is 0.252. The van der Waals surface area contributed by atoms with Crippen molar-refractivity contribution in [1.82, 2.24) is 10.3 Å². The normalized spacial score (nSPS) is 35.0. The molecule has 2 heteroatoms. The molecule has 2 nitrogen and oxygen atoms in total. The predicted octanol–water partition coefficient (Wildman–Crippen LogP) is 2.31. The van der Waals surface area contributed by atoms with Gasteiger partial charge in [0.2, 0.25) is 0 Å². The highest BCUT2D eigenvalue weighted by Gasteiger charge is 2.29. The van der Waals surface area contributed by atoms with Crippen molar-refractivity contribution in [3.05, 3.63) is 30.1 Å². The van der Waals surface area contributed by atoms with Crippen LogP contribution < -0.4 is 5.32 Å². The van der Waals surface area contributed by atoms with Crippen LogP contribution in [-0.2, 0) is 0 Å². The molecule has 14 heavy (non-hydrogen) atoms. The Balaban J connectivity index is 1.83. The van der Waals surface area contributed by atoms with E-state index in [4.69, 9.17) is 0 Å². The number of nitrogens with one attached hydrogen (secondary N) is 2. The van der Waals surface area contributed by atoms with E-state index in [1.807, 2.05) is 6.20 Å². The average molecular weight is 188 g/mol. The van der Waals surface area contributed by atoms with E-state index in [2.05, 4.69) is 28.6 Å². The molecule has 2 bridgehead atoms. The number of rotatable bonds is 1. The van der Waals surface area contributed by atoms with Crippen LogP contribution in [0.15, 0.2) is 24.5 Å². The fourth-order valence-electron chi connectivity index (χ4n) is 2.56. The average Bonchev–Trinajstić information content (AvgIpc) is 2.51. The summed E-state index contributed by atoms with van der Waals surface area (Å²) in [6.45, 7) is 0. The summed E-state index contributed by atoms with van der Waals surface area (Å²) < 4.78 is 0. The highest BCUT2D eigenvalue weighted by atomic mass is 15.0. The standard InChI is InChI=1S/C12H16N2/c1-2-9(10-4-5-13-8-10)6-12-7-11(3-1)14-12/h2,4-5,8,11-14H,1,3,6-7H2/b9-2+.